The summed E-state index contributed by atoms with van der Waals surface area (Å²) in [6.45, 7) is 4.65. The fourth-order valence-electron chi connectivity index (χ4n) is 3.78. The van der Waals surface area contributed by atoms with E-state index in [1.54, 1.807) is 5.57 Å². The predicted octanol–water partition coefficient (Wildman–Crippen LogP) is 3.97. The average Bonchev–Trinajstić information content (AvgIpc) is 3.27. The molecule has 3 rings (SSSR count). The monoisotopic (exact) mass is 298 g/mol. The third kappa shape index (κ3) is 3.99. The van der Waals surface area contributed by atoms with Crippen molar-refractivity contribution in [2.75, 3.05) is 0 Å². The molecule has 0 saturated heterocycles. The highest BCUT2D eigenvalue weighted by Crippen LogP contribution is 2.42. The van der Waals surface area contributed by atoms with Gasteiger partial charge in [0, 0.05) is 18.1 Å². The molecule has 2 fully saturated rings. The van der Waals surface area contributed by atoms with Crippen LogP contribution < -0.4 is 11.1 Å². The maximum atomic E-state index is 6.01. The minimum atomic E-state index is 0.442. The lowest BCUT2D eigenvalue weighted by molar-refractivity contribution is 0.338. The SMILES string of the molecule is CC(C)/C(=C\c1ccccc1)C1CC1N[C@H]1CC[C@H](N)CC1. The van der Waals surface area contributed by atoms with Crippen LogP contribution >= 0.6 is 0 Å². The largest absolute Gasteiger partial charge is 0.328 e. The molecule has 2 aliphatic carbocycles. The molecule has 2 unspecified atom stereocenters. The summed E-state index contributed by atoms with van der Waals surface area (Å²) in [5, 5.41) is 3.89. The van der Waals surface area contributed by atoms with E-state index in [9.17, 15) is 0 Å². The summed E-state index contributed by atoms with van der Waals surface area (Å²) < 4.78 is 0. The van der Waals surface area contributed by atoms with Crippen molar-refractivity contribution in [3.05, 3.63) is 41.5 Å². The van der Waals surface area contributed by atoms with E-state index in [2.05, 4.69) is 55.6 Å². The van der Waals surface area contributed by atoms with Crippen LogP contribution in [-0.4, -0.2) is 18.1 Å². The van der Waals surface area contributed by atoms with Gasteiger partial charge in [0.05, 0.1) is 0 Å². The fraction of sp³-hybridized carbons (Fsp3) is 0.600. The van der Waals surface area contributed by atoms with Crippen molar-refractivity contribution in [3.63, 3.8) is 0 Å². The Balaban J connectivity index is 1.59. The van der Waals surface area contributed by atoms with Crippen LogP contribution in [0.1, 0.15) is 51.5 Å². The van der Waals surface area contributed by atoms with Crippen molar-refractivity contribution in [3.8, 4) is 0 Å². The Labute approximate surface area is 135 Å². The van der Waals surface area contributed by atoms with Crippen LogP contribution in [-0.2, 0) is 0 Å². The first-order valence-electron chi connectivity index (χ1n) is 8.91. The van der Waals surface area contributed by atoms with Gasteiger partial charge in [-0.15, -0.1) is 0 Å². The number of nitrogens with one attached hydrogen (secondary N) is 1. The van der Waals surface area contributed by atoms with E-state index in [0.29, 0.717) is 24.0 Å². The molecule has 2 aliphatic rings. The van der Waals surface area contributed by atoms with Gasteiger partial charge in [-0.05, 0) is 49.5 Å². The Morgan fingerprint density at radius 2 is 1.82 bits per heavy atom. The van der Waals surface area contributed by atoms with Gasteiger partial charge in [-0.25, -0.2) is 0 Å². The Hall–Kier alpha value is -1.12. The van der Waals surface area contributed by atoms with Crippen molar-refractivity contribution in [1.82, 2.24) is 5.32 Å². The van der Waals surface area contributed by atoms with Gasteiger partial charge in [0.1, 0.15) is 0 Å². The Morgan fingerprint density at radius 3 is 2.45 bits per heavy atom. The zero-order chi connectivity index (χ0) is 15.5. The molecule has 2 heteroatoms. The maximum Gasteiger partial charge on any atom is 0.0142 e. The van der Waals surface area contributed by atoms with Gasteiger partial charge in [0.2, 0.25) is 0 Å². The van der Waals surface area contributed by atoms with Crippen LogP contribution in [0.15, 0.2) is 35.9 Å². The second-order valence-electron chi connectivity index (χ2n) is 7.44. The molecule has 0 bridgehead atoms. The first kappa shape index (κ1) is 15.8. The number of rotatable bonds is 5. The number of benzene rings is 1. The molecule has 0 amide bonds. The van der Waals surface area contributed by atoms with E-state index in [0.717, 1.165) is 5.92 Å². The van der Waals surface area contributed by atoms with Gasteiger partial charge in [0.15, 0.2) is 0 Å². The lowest BCUT2D eigenvalue weighted by Gasteiger charge is -2.27. The van der Waals surface area contributed by atoms with Gasteiger partial charge in [-0.2, -0.15) is 0 Å². The van der Waals surface area contributed by atoms with Gasteiger partial charge >= 0.3 is 0 Å². The highest BCUT2D eigenvalue weighted by molar-refractivity contribution is 5.55. The van der Waals surface area contributed by atoms with Crippen LogP contribution in [0, 0.1) is 11.8 Å². The van der Waals surface area contributed by atoms with Crippen molar-refractivity contribution in [2.45, 2.75) is 64.1 Å². The summed E-state index contributed by atoms with van der Waals surface area (Å²) in [5.74, 6) is 1.35. The maximum absolute atomic E-state index is 6.01. The van der Waals surface area contributed by atoms with E-state index >= 15 is 0 Å². The van der Waals surface area contributed by atoms with E-state index in [-0.39, 0.29) is 0 Å². The molecule has 0 aromatic heterocycles. The smallest absolute Gasteiger partial charge is 0.0142 e. The third-order valence-corrected chi connectivity index (χ3v) is 5.24. The van der Waals surface area contributed by atoms with Crippen molar-refractivity contribution in [2.24, 2.45) is 17.6 Å². The Morgan fingerprint density at radius 1 is 1.14 bits per heavy atom. The molecule has 2 nitrogen and oxygen atoms in total. The van der Waals surface area contributed by atoms with Crippen LogP contribution in [0.3, 0.4) is 0 Å². The molecular formula is C20H30N2. The Kier molecular flexibility index (Phi) is 5.00. The molecule has 3 N–H and O–H groups in total. The molecule has 2 atom stereocenters. The highest BCUT2D eigenvalue weighted by Gasteiger charge is 2.41. The normalized spacial score (nSPS) is 32.3. The first-order chi connectivity index (χ1) is 10.6. The molecule has 0 aliphatic heterocycles. The molecule has 1 aromatic carbocycles. The second kappa shape index (κ2) is 6.97. The van der Waals surface area contributed by atoms with E-state index < -0.39 is 0 Å². The van der Waals surface area contributed by atoms with E-state index in [1.165, 1.54) is 37.7 Å². The summed E-state index contributed by atoms with van der Waals surface area (Å²) in [6, 6.07) is 12.6. The number of hydrogen-bond acceptors (Lipinski definition) is 2. The fourth-order valence-corrected chi connectivity index (χ4v) is 3.78. The minimum Gasteiger partial charge on any atom is -0.328 e. The first-order valence-corrected chi connectivity index (χ1v) is 8.91. The molecule has 0 heterocycles. The molecule has 120 valence electrons. The summed E-state index contributed by atoms with van der Waals surface area (Å²) in [7, 11) is 0. The lowest BCUT2D eigenvalue weighted by Crippen LogP contribution is -2.39. The average molecular weight is 298 g/mol. The topological polar surface area (TPSA) is 38.0 Å². The summed E-state index contributed by atoms with van der Waals surface area (Å²) in [6.07, 6.45) is 8.60. The van der Waals surface area contributed by atoms with Gasteiger partial charge < -0.3 is 11.1 Å². The van der Waals surface area contributed by atoms with Gasteiger partial charge in [0.25, 0.3) is 0 Å². The zero-order valence-corrected chi connectivity index (χ0v) is 14.0. The van der Waals surface area contributed by atoms with Gasteiger partial charge in [-0.1, -0.05) is 55.8 Å². The van der Waals surface area contributed by atoms with Crippen LogP contribution in [0.2, 0.25) is 0 Å². The van der Waals surface area contributed by atoms with E-state index in [1.807, 2.05) is 0 Å². The lowest BCUT2D eigenvalue weighted by atomic mass is 9.91. The molecule has 0 spiro atoms. The zero-order valence-electron chi connectivity index (χ0n) is 14.0. The molecule has 22 heavy (non-hydrogen) atoms. The van der Waals surface area contributed by atoms with Crippen LogP contribution in [0.25, 0.3) is 6.08 Å². The summed E-state index contributed by atoms with van der Waals surface area (Å²) in [5.41, 5.74) is 8.95. The second-order valence-corrected chi connectivity index (χ2v) is 7.44. The summed E-state index contributed by atoms with van der Waals surface area (Å²) >= 11 is 0. The predicted molar refractivity (Wildman–Crippen MR) is 94.5 cm³/mol. The number of nitrogens with two attached hydrogens (primary N) is 1. The Bertz CT molecular complexity index is 498. The third-order valence-electron chi connectivity index (χ3n) is 5.24. The van der Waals surface area contributed by atoms with Crippen LogP contribution in [0.4, 0.5) is 0 Å². The molecule has 2 saturated carbocycles. The standard InChI is InChI=1S/C20H30N2/c1-14(2)18(12-15-6-4-3-5-7-15)19-13-20(19)22-17-10-8-16(21)9-11-17/h3-7,12,14,16-17,19-20,22H,8-11,13,21H2,1-2H3/b18-12+/t16-,17-,19?,20?. The summed E-state index contributed by atoms with van der Waals surface area (Å²) in [4.78, 5) is 0. The van der Waals surface area contributed by atoms with Gasteiger partial charge in [-0.3, -0.25) is 0 Å². The molecule has 1 aromatic rings. The molecular weight excluding hydrogens is 268 g/mol. The number of hydrogen-bond donors (Lipinski definition) is 2. The van der Waals surface area contributed by atoms with Crippen molar-refractivity contribution < 1.29 is 0 Å². The molecule has 0 radical (unpaired) electrons. The highest BCUT2D eigenvalue weighted by atomic mass is 15.0. The quantitative estimate of drug-likeness (QED) is 0.863. The van der Waals surface area contributed by atoms with Crippen molar-refractivity contribution >= 4 is 6.08 Å². The van der Waals surface area contributed by atoms with E-state index in [4.69, 9.17) is 5.73 Å². The minimum absolute atomic E-state index is 0.442. The van der Waals surface area contributed by atoms with Crippen LogP contribution in [0.5, 0.6) is 0 Å². The van der Waals surface area contributed by atoms with Crippen molar-refractivity contribution in [1.29, 1.82) is 0 Å².